The topological polar surface area (TPSA) is 186 Å². The molecule has 3 aromatic carbocycles. The van der Waals surface area contributed by atoms with Crippen LogP contribution < -0.4 is 14.9 Å². The number of carbonyl (C=O) groups is 4. The number of aryl methyl sites for hydroxylation is 1. The van der Waals surface area contributed by atoms with Gasteiger partial charge >= 0.3 is 11.9 Å². The number of nitrogens with one attached hydrogen (secondary N) is 3. The quantitative estimate of drug-likeness (QED) is 0.163. The van der Waals surface area contributed by atoms with E-state index in [1.807, 2.05) is 6.92 Å². The Kier molecular flexibility index (Phi) is 8.88. The summed E-state index contributed by atoms with van der Waals surface area (Å²) in [5, 5.41) is 25.7. The maximum Gasteiger partial charge on any atom is 0.326 e. The Morgan fingerprint density at radius 3 is 2.07 bits per heavy atom. The first-order chi connectivity index (χ1) is 21.8. The van der Waals surface area contributed by atoms with Crippen LogP contribution in [0.5, 0.6) is 0 Å². The molecule has 2 heterocycles. The zero-order chi connectivity index (χ0) is 33.3. The van der Waals surface area contributed by atoms with Crippen LogP contribution in [0.3, 0.4) is 0 Å². The zero-order valence-corrected chi connectivity index (χ0v) is 26.2. The van der Waals surface area contributed by atoms with E-state index in [0.29, 0.717) is 33.4 Å². The summed E-state index contributed by atoms with van der Waals surface area (Å²) in [6.07, 6.45) is -0.375. The van der Waals surface area contributed by atoms with Crippen molar-refractivity contribution >= 4 is 50.4 Å². The van der Waals surface area contributed by atoms with Crippen LogP contribution in [0, 0.1) is 6.92 Å². The molecule has 46 heavy (non-hydrogen) atoms. The number of carboxylic acid groups (broad SMARTS) is 2. The van der Waals surface area contributed by atoms with E-state index in [9.17, 15) is 37.8 Å². The number of nitrogens with zero attached hydrogens (tertiary/aromatic N) is 1. The number of benzene rings is 3. The molecule has 240 valence electrons. The second-order valence-electron chi connectivity index (χ2n) is 11.4. The van der Waals surface area contributed by atoms with Gasteiger partial charge in [-0.25, -0.2) is 18.0 Å². The lowest BCUT2D eigenvalue weighted by Gasteiger charge is -2.31. The van der Waals surface area contributed by atoms with Crippen molar-refractivity contribution in [3.05, 3.63) is 95.2 Å². The van der Waals surface area contributed by atoms with Gasteiger partial charge in [-0.2, -0.15) is 0 Å². The Hall–Kier alpha value is -5.17. The smallest absolute Gasteiger partial charge is 0.326 e. The Bertz CT molecular complexity index is 1940. The van der Waals surface area contributed by atoms with Crippen molar-refractivity contribution in [2.45, 2.75) is 62.6 Å². The number of anilines is 1. The number of sulfonamides is 1. The SMILES string of the molecule is CC(=O)N[C@@H](Cc1c([C@@H]2[C@H](C[C@H](NC(C)=O)C(=O)O)c3ccccc3N2S(=O)(=O)c2ccc(C)cc2)[nH]c2ccccc12)C(=O)O. The van der Waals surface area contributed by atoms with Gasteiger partial charge < -0.3 is 25.8 Å². The Labute approximate surface area is 265 Å². The van der Waals surface area contributed by atoms with E-state index in [2.05, 4.69) is 15.6 Å². The molecule has 0 saturated carbocycles. The van der Waals surface area contributed by atoms with E-state index >= 15 is 0 Å². The van der Waals surface area contributed by atoms with Crippen molar-refractivity contribution in [1.82, 2.24) is 15.6 Å². The first-order valence-electron chi connectivity index (χ1n) is 14.6. The lowest BCUT2D eigenvalue weighted by molar-refractivity contribution is -0.142. The molecular weight excluding hydrogens is 612 g/mol. The van der Waals surface area contributed by atoms with Crippen molar-refractivity contribution in [2.75, 3.05) is 4.31 Å². The number of hydrogen-bond acceptors (Lipinski definition) is 6. The third-order valence-electron chi connectivity index (χ3n) is 8.18. The summed E-state index contributed by atoms with van der Waals surface area (Å²) >= 11 is 0. The highest BCUT2D eigenvalue weighted by Gasteiger charge is 2.48. The number of H-pyrrole nitrogens is 1. The standard InChI is InChI=1S/C33H34N4O8S/c1-18-12-14-21(15-13-18)46(44,45)37-29-11-7-5-9-23(29)25(17-28(33(42)43)35-20(3)39)31(37)30-24(16-27(32(40)41)34-19(2)38)22-8-4-6-10-26(22)36-30/h4-15,25,27-28,31,36H,16-17H2,1-3H3,(H,34,38)(H,35,39)(H,40,41)(H,42,43)/t25-,27+,28+,31+/m1/s1. The molecule has 13 heteroatoms. The number of aromatic amines is 1. The van der Waals surface area contributed by atoms with E-state index in [1.54, 1.807) is 60.7 Å². The van der Waals surface area contributed by atoms with Crippen LogP contribution >= 0.6 is 0 Å². The van der Waals surface area contributed by atoms with Gasteiger partial charge in [0.1, 0.15) is 12.1 Å². The molecule has 0 radical (unpaired) electrons. The lowest BCUT2D eigenvalue weighted by Crippen LogP contribution is -2.43. The van der Waals surface area contributed by atoms with E-state index in [1.165, 1.54) is 30.3 Å². The third kappa shape index (κ3) is 6.18. The van der Waals surface area contributed by atoms with Crippen molar-refractivity contribution in [3.63, 3.8) is 0 Å². The van der Waals surface area contributed by atoms with Gasteiger partial charge in [0.05, 0.1) is 16.6 Å². The summed E-state index contributed by atoms with van der Waals surface area (Å²) in [5.41, 5.74) is 3.12. The monoisotopic (exact) mass is 646 g/mol. The first kappa shape index (κ1) is 32.2. The molecule has 5 N–H and O–H groups in total. The van der Waals surface area contributed by atoms with Crippen LogP contribution in [0.1, 0.15) is 54.6 Å². The van der Waals surface area contributed by atoms with E-state index in [4.69, 9.17) is 0 Å². The van der Waals surface area contributed by atoms with Gasteiger partial charge in [-0.3, -0.25) is 13.9 Å². The fraction of sp³-hybridized carbons (Fsp3) is 0.273. The number of fused-ring (bicyclic) bond motifs is 2. The number of carbonyl (C=O) groups excluding carboxylic acids is 2. The van der Waals surface area contributed by atoms with Crippen molar-refractivity contribution < 1.29 is 37.8 Å². The molecule has 1 aliphatic heterocycles. The molecule has 4 atom stereocenters. The molecule has 5 rings (SSSR count). The van der Waals surface area contributed by atoms with E-state index < -0.39 is 57.8 Å². The Morgan fingerprint density at radius 1 is 0.848 bits per heavy atom. The summed E-state index contributed by atoms with van der Waals surface area (Å²) < 4.78 is 30.5. The number of amides is 2. The number of para-hydroxylation sites is 2. The predicted octanol–water partition coefficient (Wildman–Crippen LogP) is 3.62. The summed E-state index contributed by atoms with van der Waals surface area (Å²) in [4.78, 5) is 52.0. The van der Waals surface area contributed by atoms with Gasteiger partial charge in [-0.15, -0.1) is 0 Å². The van der Waals surface area contributed by atoms with Crippen molar-refractivity contribution in [1.29, 1.82) is 0 Å². The van der Waals surface area contributed by atoms with Crippen LogP contribution in [-0.4, -0.2) is 59.5 Å². The molecule has 0 spiro atoms. The minimum Gasteiger partial charge on any atom is -0.480 e. The first-order valence-corrected chi connectivity index (χ1v) is 16.0. The van der Waals surface area contributed by atoms with Gasteiger partial charge in [0, 0.05) is 42.8 Å². The van der Waals surface area contributed by atoms with Crippen molar-refractivity contribution in [3.8, 4) is 0 Å². The molecule has 2 amide bonds. The second kappa shape index (κ2) is 12.7. The lowest BCUT2D eigenvalue weighted by atomic mass is 9.85. The highest BCUT2D eigenvalue weighted by atomic mass is 32.2. The van der Waals surface area contributed by atoms with Crippen LogP contribution in [0.15, 0.2) is 77.7 Å². The molecule has 0 fully saturated rings. The van der Waals surface area contributed by atoms with Gasteiger partial charge in [0.15, 0.2) is 0 Å². The minimum absolute atomic E-state index is 0.00881. The molecule has 0 bridgehead atoms. The fourth-order valence-corrected chi connectivity index (χ4v) is 7.91. The summed E-state index contributed by atoms with van der Waals surface area (Å²) in [6, 6.07) is 16.4. The third-order valence-corrected chi connectivity index (χ3v) is 9.99. The average molecular weight is 647 g/mol. The molecule has 1 aromatic heterocycles. The summed E-state index contributed by atoms with van der Waals surface area (Å²) in [7, 11) is -4.30. The predicted molar refractivity (Wildman–Crippen MR) is 170 cm³/mol. The van der Waals surface area contributed by atoms with Gasteiger partial charge in [-0.05, 0) is 48.7 Å². The highest BCUT2D eigenvalue weighted by Crippen LogP contribution is 2.54. The summed E-state index contributed by atoms with van der Waals surface area (Å²) in [6.45, 7) is 4.24. The molecule has 0 saturated heterocycles. The van der Waals surface area contributed by atoms with Crippen molar-refractivity contribution in [2.24, 2.45) is 0 Å². The van der Waals surface area contributed by atoms with Crippen LogP contribution in [0.25, 0.3) is 10.9 Å². The zero-order valence-electron chi connectivity index (χ0n) is 25.4. The molecule has 0 unspecified atom stereocenters. The maximum absolute atomic E-state index is 14.6. The number of carboxylic acids is 2. The number of aromatic nitrogens is 1. The second-order valence-corrected chi connectivity index (χ2v) is 13.2. The highest BCUT2D eigenvalue weighted by molar-refractivity contribution is 7.92. The van der Waals surface area contributed by atoms with E-state index in [0.717, 1.165) is 5.56 Å². The van der Waals surface area contributed by atoms with Gasteiger partial charge in [0.25, 0.3) is 10.0 Å². The minimum atomic E-state index is -4.30. The molecule has 12 nitrogen and oxygen atoms in total. The fourth-order valence-electron chi connectivity index (χ4n) is 6.23. The summed E-state index contributed by atoms with van der Waals surface area (Å²) in [5.74, 6) is -4.49. The number of rotatable bonds is 11. The number of aliphatic carboxylic acids is 2. The normalized spacial score (nSPS) is 17.2. The molecule has 1 aliphatic rings. The average Bonchev–Trinajstić information content (AvgIpc) is 3.52. The molecule has 0 aliphatic carbocycles. The van der Waals surface area contributed by atoms with E-state index in [-0.39, 0.29) is 17.7 Å². The Balaban J connectivity index is 1.79. The van der Waals surface area contributed by atoms with Crippen LogP contribution in [0.4, 0.5) is 5.69 Å². The molecular formula is C33H34N4O8S. The molecule has 4 aromatic rings. The van der Waals surface area contributed by atoms with Gasteiger partial charge in [0.2, 0.25) is 11.8 Å². The largest absolute Gasteiger partial charge is 0.480 e. The van der Waals surface area contributed by atoms with Crippen LogP contribution in [-0.2, 0) is 35.6 Å². The Morgan fingerprint density at radius 2 is 1.43 bits per heavy atom. The van der Waals surface area contributed by atoms with Crippen LogP contribution in [0.2, 0.25) is 0 Å². The maximum atomic E-state index is 14.6. The number of hydrogen-bond donors (Lipinski definition) is 5. The van der Waals surface area contributed by atoms with Gasteiger partial charge in [-0.1, -0.05) is 54.1 Å².